The molecule has 0 aliphatic carbocycles. The minimum Gasteiger partial charge on any atom is -0.354 e. The van der Waals surface area contributed by atoms with Crippen molar-refractivity contribution in [1.82, 2.24) is 20.4 Å². The van der Waals surface area contributed by atoms with Crippen molar-refractivity contribution < 1.29 is 13.2 Å². The summed E-state index contributed by atoms with van der Waals surface area (Å²) in [5.74, 6) is 0.746. The predicted octanol–water partition coefficient (Wildman–Crippen LogP) is 2.05. The number of halogens is 3. The Morgan fingerprint density at radius 3 is 2.20 bits per heavy atom. The lowest BCUT2D eigenvalue weighted by atomic mass is 10.1. The highest BCUT2D eigenvalue weighted by Crippen LogP contribution is 2.20. The number of aliphatic imine (C=N–C) groups is 1. The summed E-state index contributed by atoms with van der Waals surface area (Å²) in [7, 11) is 0. The van der Waals surface area contributed by atoms with Gasteiger partial charge in [0.1, 0.15) is 0 Å². The molecule has 0 bridgehead atoms. The van der Waals surface area contributed by atoms with Crippen LogP contribution in [0, 0.1) is 0 Å². The number of nitrogens with zero attached hydrogens (tertiary/aromatic N) is 3. The molecule has 0 radical (unpaired) electrons. The number of nitrogens with one attached hydrogen (secondary N) is 2. The van der Waals surface area contributed by atoms with Crippen LogP contribution in [0.2, 0.25) is 0 Å². The summed E-state index contributed by atoms with van der Waals surface area (Å²) in [6.07, 6.45) is -0.0712. The Morgan fingerprint density at radius 1 is 1.00 bits per heavy atom. The number of piperidine rings is 1. The zero-order valence-corrected chi connectivity index (χ0v) is 15.4. The molecule has 2 aliphatic rings. The molecule has 0 aromatic carbocycles. The molecule has 0 spiro atoms. The maximum atomic E-state index is 12.5. The van der Waals surface area contributed by atoms with E-state index in [9.17, 15) is 13.2 Å². The number of guanidine groups is 1. The second-order valence-electron chi connectivity index (χ2n) is 7.06. The number of hydrogen-bond donors (Lipinski definition) is 2. The Morgan fingerprint density at radius 2 is 1.60 bits per heavy atom. The van der Waals surface area contributed by atoms with Crippen LogP contribution in [0.1, 0.15) is 39.5 Å². The highest BCUT2D eigenvalue weighted by atomic mass is 19.4. The van der Waals surface area contributed by atoms with Crippen LogP contribution in [-0.4, -0.2) is 79.8 Å². The Hall–Kier alpha value is -1.02. The maximum absolute atomic E-state index is 12.5. The lowest BCUT2D eigenvalue weighted by molar-refractivity contribution is -0.143. The normalized spacial score (nSPS) is 24.7. The minimum absolute atomic E-state index is 0.0281. The smallest absolute Gasteiger partial charge is 0.354 e. The van der Waals surface area contributed by atoms with Gasteiger partial charge < -0.3 is 15.5 Å². The van der Waals surface area contributed by atoms with Gasteiger partial charge in [-0.1, -0.05) is 6.92 Å². The maximum Gasteiger partial charge on any atom is 0.401 e. The average Bonchev–Trinajstić information content (AvgIpc) is 2.94. The van der Waals surface area contributed by atoms with Crippen molar-refractivity contribution >= 4 is 5.96 Å². The van der Waals surface area contributed by atoms with E-state index in [0.29, 0.717) is 25.7 Å². The first-order valence-electron chi connectivity index (χ1n) is 9.48. The fraction of sp³-hybridized carbons (Fsp3) is 0.941. The summed E-state index contributed by atoms with van der Waals surface area (Å²) >= 11 is 0. The van der Waals surface area contributed by atoms with Crippen LogP contribution in [0.3, 0.4) is 0 Å². The first-order chi connectivity index (χ1) is 11.9. The number of likely N-dealkylation sites (tertiary alicyclic amines) is 2. The monoisotopic (exact) mass is 363 g/mol. The van der Waals surface area contributed by atoms with Crippen molar-refractivity contribution in [2.45, 2.75) is 57.8 Å². The van der Waals surface area contributed by atoms with Gasteiger partial charge in [0.05, 0.1) is 6.54 Å². The molecular weight excluding hydrogens is 331 g/mol. The third-order valence-electron chi connectivity index (χ3n) is 4.80. The van der Waals surface area contributed by atoms with Crippen molar-refractivity contribution in [2.75, 3.05) is 45.8 Å². The van der Waals surface area contributed by atoms with E-state index in [0.717, 1.165) is 44.9 Å². The standard InChI is InChI=1S/C17H32F3N5/c1-3-8-24-9-5-14(6-10-24)22-16(21-4-2)23-15-7-11-25(12-15)13-17(18,19)20/h14-15H,3-13H2,1-2H3,(H2,21,22,23). The van der Waals surface area contributed by atoms with Gasteiger partial charge in [0.25, 0.3) is 0 Å². The molecule has 0 saturated carbocycles. The third kappa shape index (κ3) is 7.40. The van der Waals surface area contributed by atoms with E-state index in [1.54, 1.807) is 0 Å². The molecule has 1 atom stereocenters. The summed E-state index contributed by atoms with van der Waals surface area (Å²) in [6.45, 7) is 8.23. The van der Waals surface area contributed by atoms with Gasteiger partial charge in [-0.05, 0) is 39.2 Å². The van der Waals surface area contributed by atoms with Crippen LogP contribution < -0.4 is 10.6 Å². The Kier molecular flexibility index (Phi) is 7.81. The second-order valence-corrected chi connectivity index (χ2v) is 7.06. The molecule has 1 unspecified atom stereocenters. The molecule has 2 heterocycles. The molecule has 2 aliphatic heterocycles. The van der Waals surface area contributed by atoms with E-state index >= 15 is 0 Å². The molecule has 25 heavy (non-hydrogen) atoms. The highest BCUT2D eigenvalue weighted by molar-refractivity contribution is 5.80. The van der Waals surface area contributed by atoms with Crippen LogP contribution in [-0.2, 0) is 0 Å². The van der Waals surface area contributed by atoms with Crippen molar-refractivity contribution in [1.29, 1.82) is 0 Å². The van der Waals surface area contributed by atoms with Crippen LogP contribution in [0.15, 0.2) is 4.99 Å². The van der Waals surface area contributed by atoms with Gasteiger partial charge in [-0.15, -0.1) is 0 Å². The zero-order valence-electron chi connectivity index (χ0n) is 15.4. The van der Waals surface area contributed by atoms with Gasteiger partial charge in [0.2, 0.25) is 0 Å². The molecule has 2 fully saturated rings. The topological polar surface area (TPSA) is 42.9 Å². The molecule has 0 amide bonds. The molecule has 2 rings (SSSR count). The van der Waals surface area contributed by atoms with Gasteiger partial charge in [-0.3, -0.25) is 9.89 Å². The molecule has 2 saturated heterocycles. The third-order valence-corrected chi connectivity index (χ3v) is 4.80. The van der Waals surface area contributed by atoms with Crippen molar-refractivity contribution in [2.24, 2.45) is 4.99 Å². The first-order valence-corrected chi connectivity index (χ1v) is 9.48. The van der Waals surface area contributed by atoms with Gasteiger partial charge in [0, 0.05) is 44.8 Å². The molecule has 0 aromatic heterocycles. The fourth-order valence-corrected chi connectivity index (χ4v) is 3.64. The summed E-state index contributed by atoms with van der Waals surface area (Å²) in [5, 5.41) is 6.81. The molecular formula is C17H32F3N5. The average molecular weight is 363 g/mol. The van der Waals surface area contributed by atoms with Gasteiger partial charge in [0.15, 0.2) is 5.96 Å². The fourth-order valence-electron chi connectivity index (χ4n) is 3.64. The van der Waals surface area contributed by atoms with Crippen LogP contribution in [0.25, 0.3) is 0 Å². The van der Waals surface area contributed by atoms with Gasteiger partial charge in [-0.25, -0.2) is 0 Å². The minimum atomic E-state index is -4.13. The number of alkyl halides is 3. The summed E-state index contributed by atoms with van der Waals surface area (Å²) in [5.41, 5.74) is 0. The molecule has 0 aromatic rings. The SMILES string of the molecule is CCCN1CCC(NC(=NCC)NC2CCN(CC(F)(F)F)C2)CC1. The van der Waals surface area contributed by atoms with Crippen LogP contribution in [0.4, 0.5) is 13.2 Å². The van der Waals surface area contributed by atoms with Crippen molar-refractivity contribution in [3.8, 4) is 0 Å². The lowest BCUT2D eigenvalue weighted by Gasteiger charge is -2.33. The van der Waals surface area contributed by atoms with Gasteiger partial charge in [-0.2, -0.15) is 13.2 Å². The Bertz CT molecular complexity index is 419. The zero-order chi connectivity index (χ0) is 18.3. The van der Waals surface area contributed by atoms with E-state index in [2.05, 4.69) is 27.4 Å². The Balaban J connectivity index is 1.77. The second kappa shape index (κ2) is 9.62. The Labute approximate surface area is 149 Å². The lowest BCUT2D eigenvalue weighted by Crippen LogP contribution is -2.51. The summed E-state index contributed by atoms with van der Waals surface area (Å²) in [4.78, 5) is 8.42. The first kappa shape index (κ1) is 20.3. The van der Waals surface area contributed by atoms with Crippen LogP contribution >= 0.6 is 0 Å². The van der Waals surface area contributed by atoms with E-state index in [1.165, 1.54) is 11.3 Å². The molecule has 146 valence electrons. The largest absolute Gasteiger partial charge is 0.401 e. The van der Waals surface area contributed by atoms with E-state index in [-0.39, 0.29) is 6.04 Å². The number of rotatable bonds is 6. The molecule has 5 nitrogen and oxygen atoms in total. The summed E-state index contributed by atoms with van der Waals surface area (Å²) in [6, 6.07) is 0.416. The van der Waals surface area contributed by atoms with Crippen molar-refractivity contribution in [3.05, 3.63) is 0 Å². The van der Waals surface area contributed by atoms with E-state index in [4.69, 9.17) is 0 Å². The number of hydrogen-bond acceptors (Lipinski definition) is 3. The highest BCUT2D eigenvalue weighted by Gasteiger charge is 2.34. The van der Waals surface area contributed by atoms with Crippen molar-refractivity contribution in [3.63, 3.8) is 0 Å². The molecule has 2 N–H and O–H groups in total. The van der Waals surface area contributed by atoms with E-state index in [1.807, 2.05) is 6.92 Å². The van der Waals surface area contributed by atoms with Crippen LogP contribution in [0.5, 0.6) is 0 Å². The van der Waals surface area contributed by atoms with E-state index < -0.39 is 12.7 Å². The molecule has 8 heteroatoms. The summed E-state index contributed by atoms with van der Waals surface area (Å²) < 4.78 is 37.5. The van der Waals surface area contributed by atoms with Gasteiger partial charge >= 0.3 is 6.18 Å². The quantitative estimate of drug-likeness (QED) is 0.560. The predicted molar refractivity (Wildman–Crippen MR) is 94.9 cm³/mol.